The zero-order valence-corrected chi connectivity index (χ0v) is 13.1. The number of H-pyrrole nitrogens is 1. The summed E-state index contributed by atoms with van der Waals surface area (Å²) in [5.41, 5.74) is 1.09. The number of hydrogen-bond donors (Lipinski definition) is 1. The minimum Gasteiger partial charge on any atom is -0.336 e. The molecule has 0 saturated heterocycles. The molecular formula is C15H16N8O. The monoisotopic (exact) mass is 324 g/mol. The number of carbonyl (C=O) groups is 1. The molecule has 1 aliphatic rings. The molecule has 9 nitrogen and oxygen atoms in total. The standard InChI is InChI=1S/C15H16N8O/c1-22-9-14-19-18-13(8-12-16-20-21-17-12)23(14)11(15(22)24)7-10-5-3-2-4-6-10/h2-6,11H,7-9H2,1H3,(H,16,17,20,21)/t11-/m0/s1. The molecule has 4 rings (SSSR count). The third-order valence-electron chi connectivity index (χ3n) is 4.17. The molecule has 1 aliphatic heterocycles. The Morgan fingerprint density at radius 2 is 2.04 bits per heavy atom. The van der Waals surface area contributed by atoms with E-state index in [-0.39, 0.29) is 11.9 Å². The van der Waals surface area contributed by atoms with Crippen molar-refractivity contribution in [2.24, 2.45) is 0 Å². The number of fused-ring (bicyclic) bond motifs is 1. The third kappa shape index (κ3) is 2.53. The van der Waals surface area contributed by atoms with Crippen molar-refractivity contribution < 1.29 is 4.79 Å². The van der Waals surface area contributed by atoms with Gasteiger partial charge in [0, 0.05) is 13.5 Å². The van der Waals surface area contributed by atoms with Gasteiger partial charge in [0.1, 0.15) is 11.9 Å². The van der Waals surface area contributed by atoms with Crippen molar-refractivity contribution >= 4 is 5.91 Å². The van der Waals surface area contributed by atoms with Gasteiger partial charge in [-0.3, -0.25) is 4.79 Å². The number of amides is 1. The van der Waals surface area contributed by atoms with Gasteiger partial charge < -0.3 is 9.47 Å². The second kappa shape index (κ2) is 5.84. The highest BCUT2D eigenvalue weighted by atomic mass is 16.2. The van der Waals surface area contributed by atoms with E-state index in [9.17, 15) is 4.79 Å². The van der Waals surface area contributed by atoms with Crippen molar-refractivity contribution in [2.75, 3.05) is 7.05 Å². The van der Waals surface area contributed by atoms with E-state index in [1.54, 1.807) is 11.9 Å². The Balaban J connectivity index is 1.71. The van der Waals surface area contributed by atoms with Gasteiger partial charge in [0.25, 0.3) is 0 Å². The van der Waals surface area contributed by atoms with E-state index in [0.29, 0.717) is 31.0 Å². The lowest BCUT2D eigenvalue weighted by Crippen LogP contribution is -2.42. The van der Waals surface area contributed by atoms with Crippen LogP contribution in [0.3, 0.4) is 0 Å². The molecule has 0 spiro atoms. The van der Waals surface area contributed by atoms with Crippen LogP contribution in [0.1, 0.15) is 29.1 Å². The third-order valence-corrected chi connectivity index (χ3v) is 4.17. The number of nitrogens with zero attached hydrogens (tertiary/aromatic N) is 7. The maximum Gasteiger partial charge on any atom is 0.246 e. The normalized spacial score (nSPS) is 17.1. The van der Waals surface area contributed by atoms with Gasteiger partial charge in [-0.05, 0) is 5.56 Å². The van der Waals surface area contributed by atoms with E-state index in [0.717, 1.165) is 11.4 Å². The summed E-state index contributed by atoms with van der Waals surface area (Å²) in [6.45, 7) is 0.448. The number of benzene rings is 1. The first kappa shape index (κ1) is 14.5. The minimum absolute atomic E-state index is 0.0560. The van der Waals surface area contributed by atoms with Crippen LogP contribution >= 0.6 is 0 Å². The van der Waals surface area contributed by atoms with Crippen LogP contribution in [0.15, 0.2) is 30.3 Å². The summed E-state index contributed by atoms with van der Waals surface area (Å²) in [6.07, 6.45) is 0.972. The molecule has 0 bridgehead atoms. The molecule has 122 valence electrons. The highest BCUT2D eigenvalue weighted by Gasteiger charge is 2.34. The average molecular weight is 324 g/mol. The maximum atomic E-state index is 12.7. The fourth-order valence-corrected chi connectivity index (χ4v) is 3.02. The molecular weight excluding hydrogens is 308 g/mol. The van der Waals surface area contributed by atoms with Crippen LogP contribution in [-0.4, -0.2) is 53.2 Å². The molecule has 0 fully saturated rings. The lowest BCUT2D eigenvalue weighted by molar-refractivity contribution is -0.136. The largest absolute Gasteiger partial charge is 0.336 e. The van der Waals surface area contributed by atoms with E-state index >= 15 is 0 Å². The number of rotatable bonds is 4. The van der Waals surface area contributed by atoms with Gasteiger partial charge in [-0.25, -0.2) is 0 Å². The van der Waals surface area contributed by atoms with Crippen molar-refractivity contribution in [2.45, 2.75) is 25.4 Å². The second-order valence-corrected chi connectivity index (χ2v) is 5.81. The van der Waals surface area contributed by atoms with Gasteiger partial charge in [0.2, 0.25) is 5.91 Å². The Morgan fingerprint density at radius 3 is 2.79 bits per heavy atom. The Kier molecular flexibility index (Phi) is 3.52. The Labute approximate surface area is 137 Å². The van der Waals surface area contributed by atoms with Crippen molar-refractivity contribution in [3.63, 3.8) is 0 Å². The molecule has 3 heterocycles. The molecule has 1 amide bonds. The summed E-state index contributed by atoms with van der Waals surface area (Å²) in [7, 11) is 1.79. The highest BCUT2D eigenvalue weighted by Crippen LogP contribution is 2.26. The number of aromatic amines is 1. The first-order chi connectivity index (χ1) is 11.7. The van der Waals surface area contributed by atoms with E-state index in [2.05, 4.69) is 30.8 Å². The molecule has 9 heteroatoms. The molecule has 1 aromatic carbocycles. The number of carbonyl (C=O) groups excluding carboxylic acids is 1. The molecule has 1 N–H and O–H groups in total. The van der Waals surface area contributed by atoms with Crippen molar-refractivity contribution in [1.29, 1.82) is 0 Å². The van der Waals surface area contributed by atoms with Gasteiger partial charge >= 0.3 is 0 Å². The predicted octanol–water partition coefficient (Wildman–Crippen LogP) is 0.138. The maximum absolute atomic E-state index is 12.7. The number of hydrogen-bond acceptors (Lipinski definition) is 6. The fraction of sp³-hybridized carbons (Fsp3) is 0.333. The number of likely N-dealkylation sites (N-methyl/N-ethyl adjacent to an activating group) is 1. The summed E-state index contributed by atoms with van der Waals surface area (Å²) < 4.78 is 1.92. The highest BCUT2D eigenvalue weighted by molar-refractivity contribution is 5.81. The number of tetrazole rings is 1. The predicted molar refractivity (Wildman–Crippen MR) is 82.7 cm³/mol. The quantitative estimate of drug-likeness (QED) is 0.732. The van der Waals surface area contributed by atoms with Crippen LogP contribution in [0, 0.1) is 0 Å². The lowest BCUT2D eigenvalue weighted by Gasteiger charge is -2.31. The zero-order chi connectivity index (χ0) is 16.5. The van der Waals surface area contributed by atoms with Crippen LogP contribution in [-0.2, 0) is 24.2 Å². The van der Waals surface area contributed by atoms with E-state index < -0.39 is 0 Å². The molecule has 3 aromatic rings. The SMILES string of the molecule is CN1Cc2nnc(Cc3nn[nH]n3)n2[C@@H](Cc2ccccc2)C1=O. The smallest absolute Gasteiger partial charge is 0.246 e. The summed E-state index contributed by atoms with van der Waals surface area (Å²) in [5.74, 6) is 2.03. The van der Waals surface area contributed by atoms with Gasteiger partial charge in [0.15, 0.2) is 11.6 Å². The molecule has 0 saturated carbocycles. The van der Waals surface area contributed by atoms with Crippen molar-refractivity contribution in [3.05, 3.63) is 53.4 Å². The molecule has 2 aromatic heterocycles. The average Bonchev–Trinajstić information content (AvgIpc) is 3.23. The second-order valence-electron chi connectivity index (χ2n) is 5.81. The number of aromatic nitrogens is 7. The summed E-state index contributed by atoms with van der Waals surface area (Å²) >= 11 is 0. The van der Waals surface area contributed by atoms with Crippen molar-refractivity contribution in [1.82, 2.24) is 40.3 Å². The fourth-order valence-electron chi connectivity index (χ4n) is 3.02. The first-order valence-corrected chi connectivity index (χ1v) is 7.66. The van der Waals surface area contributed by atoms with E-state index in [1.807, 2.05) is 34.9 Å². The van der Waals surface area contributed by atoms with Crippen LogP contribution in [0.25, 0.3) is 0 Å². The van der Waals surface area contributed by atoms with Crippen LogP contribution in [0.5, 0.6) is 0 Å². The summed E-state index contributed by atoms with van der Waals surface area (Å²) in [5, 5.41) is 22.4. The zero-order valence-electron chi connectivity index (χ0n) is 13.1. The van der Waals surface area contributed by atoms with Gasteiger partial charge in [-0.2, -0.15) is 5.21 Å². The molecule has 0 radical (unpaired) electrons. The van der Waals surface area contributed by atoms with E-state index in [1.165, 1.54) is 0 Å². The van der Waals surface area contributed by atoms with Crippen LogP contribution < -0.4 is 0 Å². The first-order valence-electron chi connectivity index (χ1n) is 7.66. The van der Waals surface area contributed by atoms with Gasteiger partial charge in [-0.15, -0.1) is 20.4 Å². The van der Waals surface area contributed by atoms with Crippen molar-refractivity contribution in [3.8, 4) is 0 Å². The minimum atomic E-state index is -0.363. The lowest BCUT2D eigenvalue weighted by atomic mass is 10.0. The Bertz CT molecular complexity index is 842. The summed E-state index contributed by atoms with van der Waals surface area (Å²) in [4.78, 5) is 14.4. The molecule has 1 atom stereocenters. The summed E-state index contributed by atoms with van der Waals surface area (Å²) in [6, 6.07) is 9.58. The van der Waals surface area contributed by atoms with Crippen LogP contribution in [0.2, 0.25) is 0 Å². The molecule has 0 aliphatic carbocycles. The van der Waals surface area contributed by atoms with E-state index in [4.69, 9.17) is 0 Å². The Hall–Kier alpha value is -3.10. The van der Waals surface area contributed by atoms with Gasteiger partial charge in [0.05, 0.1) is 13.0 Å². The van der Waals surface area contributed by atoms with Gasteiger partial charge in [-0.1, -0.05) is 35.5 Å². The Morgan fingerprint density at radius 1 is 1.21 bits per heavy atom. The molecule has 0 unspecified atom stereocenters. The number of nitrogens with one attached hydrogen (secondary N) is 1. The topological polar surface area (TPSA) is 105 Å². The molecule has 24 heavy (non-hydrogen) atoms. The van der Waals surface area contributed by atoms with Crippen LogP contribution in [0.4, 0.5) is 0 Å².